The van der Waals surface area contributed by atoms with Gasteiger partial charge in [0.05, 0.1) is 28.3 Å². The average Bonchev–Trinajstić information content (AvgIpc) is 3.15. The van der Waals surface area contributed by atoms with Crippen LogP contribution in [-0.4, -0.2) is 40.8 Å². The van der Waals surface area contributed by atoms with Gasteiger partial charge in [-0.1, -0.05) is 90.5 Å². The van der Waals surface area contributed by atoms with Crippen molar-refractivity contribution in [2.45, 2.75) is 37.5 Å². The van der Waals surface area contributed by atoms with Crippen molar-refractivity contribution >= 4 is 46.5 Å². The first-order chi connectivity index (χ1) is 22.0. The van der Waals surface area contributed by atoms with E-state index in [4.69, 9.17) is 22.3 Å². The van der Waals surface area contributed by atoms with Crippen molar-refractivity contribution in [3.05, 3.63) is 125 Å². The van der Waals surface area contributed by atoms with Gasteiger partial charge >= 0.3 is 6.18 Å². The first kappa shape index (κ1) is 32.4. The van der Waals surface area contributed by atoms with Crippen LogP contribution in [0.4, 0.5) is 24.7 Å². The predicted molar refractivity (Wildman–Crippen MR) is 169 cm³/mol. The molecule has 236 valence electrons. The van der Waals surface area contributed by atoms with Crippen LogP contribution < -0.4 is 16.0 Å². The fraction of sp³-hybridized carbons (Fsp3) is 0.206. The van der Waals surface area contributed by atoms with E-state index in [0.717, 1.165) is 0 Å². The van der Waals surface area contributed by atoms with Crippen molar-refractivity contribution in [3.63, 3.8) is 0 Å². The smallest absolute Gasteiger partial charge is 0.369 e. The normalized spacial score (nSPS) is 16.1. The largest absolute Gasteiger partial charge is 0.389 e. The molecule has 0 spiro atoms. The molecule has 0 bridgehead atoms. The first-order valence-electron chi connectivity index (χ1n) is 14.4. The van der Waals surface area contributed by atoms with Crippen LogP contribution >= 0.6 is 11.6 Å². The third-order valence-electron chi connectivity index (χ3n) is 7.56. The highest BCUT2D eigenvalue weighted by Gasteiger charge is 2.39. The van der Waals surface area contributed by atoms with Gasteiger partial charge in [-0.15, -0.1) is 0 Å². The molecule has 3 N–H and O–H groups in total. The Hall–Kier alpha value is -5.03. The number of aromatic nitrogens is 1. The molecule has 0 saturated heterocycles. The summed E-state index contributed by atoms with van der Waals surface area (Å²) in [6.45, 7) is 0. The number of benzodiazepines with no additional fused rings is 1. The Morgan fingerprint density at radius 1 is 0.935 bits per heavy atom. The molecule has 0 fully saturated rings. The molecule has 0 radical (unpaired) electrons. The molecular formula is C34H29ClF3N5O3. The number of hydrogen-bond acceptors (Lipinski definition) is 5. The summed E-state index contributed by atoms with van der Waals surface area (Å²) in [5, 5.41) is 2.99. The van der Waals surface area contributed by atoms with Crippen LogP contribution in [0.1, 0.15) is 41.9 Å². The summed E-state index contributed by atoms with van der Waals surface area (Å²) in [7, 11) is 0. The Morgan fingerprint density at radius 3 is 2.22 bits per heavy atom. The number of halogens is 4. The minimum absolute atomic E-state index is 0.201. The lowest BCUT2D eigenvalue weighted by molar-refractivity contribution is -0.139. The van der Waals surface area contributed by atoms with Gasteiger partial charge in [-0.25, -0.2) is 9.98 Å². The van der Waals surface area contributed by atoms with Gasteiger partial charge in [0, 0.05) is 23.7 Å². The number of anilines is 2. The highest BCUT2D eigenvalue weighted by atomic mass is 35.5. The van der Waals surface area contributed by atoms with E-state index in [0.29, 0.717) is 33.1 Å². The van der Waals surface area contributed by atoms with Gasteiger partial charge in [0.25, 0.3) is 5.91 Å². The number of primary amides is 1. The second-order valence-corrected chi connectivity index (χ2v) is 11.1. The number of amides is 3. The third kappa shape index (κ3) is 7.43. The summed E-state index contributed by atoms with van der Waals surface area (Å²) >= 11 is 6.08. The Labute approximate surface area is 268 Å². The maximum absolute atomic E-state index is 14.3. The highest BCUT2D eigenvalue weighted by Crippen LogP contribution is 2.35. The van der Waals surface area contributed by atoms with E-state index in [2.05, 4.69) is 10.3 Å². The van der Waals surface area contributed by atoms with Gasteiger partial charge in [-0.2, -0.15) is 13.2 Å². The van der Waals surface area contributed by atoms with Gasteiger partial charge in [0.1, 0.15) is 5.82 Å². The molecule has 2 heterocycles. The minimum Gasteiger partial charge on any atom is -0.369 e. The molecule has 3 amide bonds. The molecule has 1 aliphatic rings. The van der Waals surface area contributed by atoms with Crippen LogP contribution in [0.2, 0.25) is 5.02 Å². The molecule has 46 heavy (non-hydrogen) atoms. The lowest BCUT2D eigenvalue weighted by Gasteiger charge is -2.28. The monoisotopic (exact) mass is 647 g/mol. The van der Waals surface area contributed by atoms with E-state index in [-0.39, 0.29) is 12.2 Å². The van der Waals surface area contributed by atoms with Crippen molar-refractivity contribution in [1.82, 2.24) is 10.3 Å². The number of nitrogens with one attached hydrogen (secondary N) is 1. The van der Waals surface area contributed by atoms with Crippen LogP contribution in [0.25, 0.3) is 0 Å². The molecule has 4 aromatic rings. The van der Waals surface area contributed by atoms with E-state index in [1.807, 2.05) is 6.07 Å². The molecule has 3 unspecified atom stereocenters. The van der Waals surface area contributed by atoms with Gasteiger partial charge in [0.15, 0.2) is 0 Å². The molecule has 12 heteroatoms. The standard InChI is InChI=1S/C34H29ClF3N5O3/c35-23-17-18-27(40-20-23)43-26-16-8-7-14-24(26)29(22-12-5-2-6-13-22)41-31(33(43)46)42-32(45)25(15-9-19-34(36,37)38)28(30(39)44)21-10-3-1-4-11-21/h1-8,10-14,16-18,20,25,28,31H,9,15,19H2,(H2,39,44)(H,42,45). The Balaban J connectivity index is 1.60. The van der Waals surface area contributed by atoms with Crippen LogP contribution in [0.15, 0.2) is 108 Å². The number of benzene rings is 3. The Kier molecular flexibility index (Phi) is 9.81. The molecule has 3 aromatic carbocycles. The molecular weight excluding hydrogens is 619 g/mol. The average molecular weight is 648 g/mol. The Morgan fingerprint density at radius 2 is 1.59 bits per heavy atom. The quantitative estimate of drug-likeness (QED) is 0.210. The zero-order valence-electron chi connectivity index (χ0n) is 24.3. The number of nitrogens with zero attached hydrogens (tertiary/aromatic N) is 3. The van der Waals surface area contributed by atoms with E-state index >= 15 is 0 Å². The molecule has 1 aliphatic heterocycles. The van der Waals surface area contributed by atoms with E-state index in [9.17, 15) is 27.6 Å². The summed E-state index contributed by atoms with van der Waals surface area (Å²) < 4.78 is 39.4. The summed E-state index contributed by atoms with van der Waals surface area (Å²) in [4.78, 5) is 51.5. The maximum atomic E-state index is 14.3. The number of rotatable bonds is 10. The predicted octanol–water partition coefficient (Wildman–Crippen LogP) is 6.31. The Bertz CT molecular complexity index is 1730. The van der Waals surface area contributed by atoms with Crippen molar-refractivity contribution in [1.29, 1.82) is 0 Å². The number of alkyl halides is 3. The number of nitrogens with two attached hydrogens (primary N) is 1. The summed E-state index contributed by atoms with van der Waals surface area (Å²) in [5.41, 5.74) is 8.15. The molecule has 8 nitrogen and oxygen atoms in total. The molecule has 0 saturated carbocycles. The second-order valence-electron chi connectivity index (χ2n) is 10.7. The van der Waals surface area contributed by atoms with Gasteiger partial charge in [-0.05, 0) is 36.6 Å². The highest BCUT2D eigenvalue weighted by molar-refractivity contribution is 6.30. The first-order valence-corrected chi connectivity index (χ1v) is 14.8. The summed E-state index contributed by atoms with van der Waals surface area (Å²) in [5.74, 6) is -4.83. The number of carbonyl (C=O) groups excluding carboxylic acids is 3. The number of fused-ring (bicyclic) bond motifs is 1. The van der Waals surface area contributed by atoms with Crippen molar-refractivity contribution in [2.24, 2.45) is 16.6 Å². The fourth-order valence-corrected chi connectivity index (χ4v) is 5.60. The number of hydrogen-bond donors (Lipinski definition) is 2. The lowest BCUT2D eigenvalue weighted by Crippen LogP contribution is -2.49. The van der Waals surface area contributed by atoms with Gasteiger partial charge in [-0.3, -0.25) is 19.3 Å². The van der Waals surface area contributed by atoms with Crippen LogP contribution in [-0.2, 0) is 14.4 Å². The van der Waals surface area contributed by atoms with Gasteiger partial charge < -0.3 is 11.1 Å². The summed E-state index contributed by atoms with van der Waals surface area (Å²) in [6, 6.07) is 27.2. The minimum atomic E-state index is -4.47. The van der Waals surface area contributed by atoms with Crippen molar-refractivity contribution in [2.75, 3.05) is 4.90 Å². The number of aliphatic imine (C=N–C) groups is 1. The van der Waals surface area contributed by atoms with Crippen LogP contribution in [0.3, 0.4) is 0 Å². The van der Waals surface area contributed by atoms with Crippen LogP contribution in [0, 0.1) is 5.92 Å². The van der Waals surface area contributed by atoms with E-state index in [1.165, 1.54) is 11.1 Å². The summed E-state index contributed by atoms with van der Waals surface area (Å²) in [6.07, 6.45) is -6.59. The second kappa shape index (κ2) is 13.9. The number of pyridine rings is 1. The lowest BCUT2D eigenvalue weighted by atomic mass is 9.81. The van der Waals surface area contributed by atoms with Gasteiger partial charge in [0.2, 0.25) is 18.0 Å². The molecule has 1 aromatic heterocycles. The van der Waals surface area contributed by atoms with Crippen molar-refractivity contribution in [3.8, 4) is 0 Å². The molecule has 0 aliphatic carbocycles. The zero-order valence-corrected chi connectivity index (χ0v) is 25.1. The molecule has 3 atom stereocenters. The third-order valence-corrected chi connectivity index (χ3v) is 7.78. The zero-order chi connectivity index (χ0) is 32.8. The van der Waals surface area contributed by atoms with Crippen LogP contribution in [0.5, 0.6) is 0 Å². The fourth-order valence-electron chi connectivity index (χ4n) is 5.49. The van der Waals surface area contributed by atoms with E-state index < -0.39 is 54.7 Å². The van der Waals surface area contributed by atoms with E-state index in [1.54, 1.807) is 91.0 Å². The number of carbonyl (C=O) groups is 3. The van der Waals surface area contributed by atoms with Crippen molar-refractivity contribution < 1.29 is 27.6 Å². The maximum Gasteiger partial charge on any atom is 0.389 e. The number of para-hydroxylation sites is 1. The SMILES string of the molecule is NC(=O)C(c1ccccc1)C(CCCC(F)(F)F)C(=O)NC1N=C(c2ccccc2)c2ccccc2N(c2ccc(Cl)cn2)C1=O. The topological polar surface area (TPSA) is 118 Å². The molecule has 5 rings (SSSR count).